The summed E-state index contributed by atoms with van der Waals surface area (Å²) in [6, 6.07) is 17.9. The third-order valence-corrected chi connectivity index (χ3v) is 8.07. The van der Waals surface area contributed by atoms with E-state index >= 15 is 0 Å². The molecule has 1 aromatic heterocycles. The molecule has 52 heavy (non-hydrogen) atoms. The molecular weight excluding hydrogens is 720 g/mol. The summed E-state index contributed by atoms with van der Waals surface area (Å²) in [5.74, 6) is -1.74. The van der Waals surface area contributed by atoms with Gasteiger partial charge in [-0.25, -0.2) is 22.6 Å². The lowest BCUT2D eigenvalue weighted by atomic mass is 9.95. The topological polar surface area (TPSA) is 189 Å². The summed E-state index contributed by atoms with van der Waals surface area (Å²) in [5, 5.41) is 17.3. The first-order chi connectivity index (χ1) is 24.2. The summed E-state index contributed by atoms with van der Waals surface area (Å²) in [7, 11) is -2.65. The molecule has 5 aromatic rings. The lowest BCUT2D eigenvalue weighted by Crippen LogP contribution is -2.37. The third kappa shape index (κ3) is 8.48. The Bertz CT molecular complexity index is 2510. The van der Waals surface area contributed by atoms with E-state index < -0.39 is 56.4 Å². The number of H-pyrrole nitrogens is 1. The smallest absolute Gasteiger partial charge is 0.417 e. The Morgan fingerprint density at radius 2 is 1.29 bits per heavy atom. The summed E-state index contributed by atoms with van der Waals surface area (Å²) >= 11 is 0. The van der Waals surface area contributed by atoms with Crippen molar-refractivity contribution in [2.75, 3.05) is 19.1 Å². The number of carbonyl (C=O) groups excluding carboxylic acids is 1. The number of halogens is 6. The molecule has 18 heteroatoms. The second kappa shape index (κ2) is 14.4. The van der Waals surface area contributed by atoms with Gasteiger partial charge in [-0.1, -0.05) is 24.3 Å². The molecule has 0 aliphatic carbocycles. The number of methoxy groups -OCH3 is 1. The molecule has 0 saturated carbocycles. The fourth-order valence-electron chi connectivity index (χ4n) is 4.95. The summed E-state index contributed by atoms with van der Waals surface area (Å²) < 4.78 is 108. The molecule has 0 bridgehead atoms. The summed E-state index contributed by atoms with van der Waals surface area (Å²) in [6.45, 7) is 0. The van der Waals surface area contributed by atoms with E-state index in [1.807, 2.05) is 12.1 Å². The van der Waals surface area contributed by atoms with Crippen LogP contribution in [0.3, 0.4) is 0 Å². The van der Waals surface area contributed by atoms with E-state index in [0.29, 0.717) is 22.3 Å². The van der Waals surface area contributed by atoms with Gasteiger partial charge >= 0.3 is 24.0 Å². The van der Waals surface area contributed by atoms with Crippen molar-refractivity contribution in [2.45, 2.75) is 18.2 Å². The molecule has 0 saturated heterocycles. The van der Waals surface area contributed by atoms with E-state index in [-0.39, 0.29) is 50.0 Å². The van der Waals surface area contributed by atoms with E-state index in [2.05, 4.69) is 9.72 Å². The summed E-state index contributed by atoms with van der Waals surface area (Å²) in [6.07, 6.45) is -8.63. The number of aromatic nitrogens is 2. The Morgan fingerprint density at radius 1 is 0.827 bits per heavy atom. The van der Waals surface area contributed by atoms with Crippen LogP contribution in [-0.2, 0) is 32.8 Å². The summed E-state index contributed by atoms with van der Waals surface area (Å²) in [4.78, 5) is 38.5. The average molecular weight is 744 g/mol. The molecule has 3 N–H and O–H groups in total. The molecule has 0 atom stereocenters. The quantitative estimate of drug-likeness (QED) is 0.126. The molecule has 1 heterocycles. The first-order valence-corrected chi connectivity index (χ1v) is 16.4. The fourth-order valence-corrected chi connectivity index (χ4v) is 5.65. The van der Waals surface area contributed by atoms with Gasteiger partial charge in [-0.3, -0.25) is 4.79 Å². The van der Waals surface area contributed by atoms with Crippen molar-refractivity contribution in [2.24, 2.45) is 0 Å². The van der Waals surface area contributed by atoms with Crippen molar-refractivity contribution in [3.05, 3.63) is 121 Å². The number of anilines is 1. The van der Waals surface area contributed by atoms with Crippen molar-refractivity contribution in [1.29, 1.82) is 10.5 Å². The van der Waals surface area contributed by atoms with Crippen LogP contribution in [0.1, 0.15) is 32.6 Å². The van der Waals surface area contributed by atoms with Gasteiger partial charge in [0.15, 0.2) is 9.84 Å². The number of nitrogens with one attached hydrogen (secondary N) is 1. The second-order valence-corrected chi connectivity index (χ2v) is 13.1. The van der Waals surface area contributed by atoms with Gasteiger partial charge < -0.3 is 15.5 Å². The van der Waals surface area contributed by atoms with E-state index in [4.69, 9.17) is 16.3 Å². The van der Waals surface area contributed by atoms with Gasteiger partial charge in [0.2, 0.25) is 0 Å². The number of benzene rings is 4. The number of nitrogens with zero attached hydrogens (tertiary/aromatic N) is 3. The predicted octanol–water partition coefficient (Wildman–Crippen LogP) is 5.86. The summed E-state index contributed by atoms with van der Waals surface area (Å²) in [5.41, 5.74) is 0.788. The van der Waals surface area contributed by atoms with Gasteiger partial charge in [0.1, 0.15) is 5.88 Å². The molecule has 0 fully saturated rings. The number of hydrogen-bond acceptors (Lipinski definition) is 9. The number of aromatic amines is 1. The number of sulfone groups is 1. The SMILES string of the molecule is COC(=O)c1cc(-c2ccc(C#N)cc2)c(C(F)(F)F)cc1N.CS(=O)(=O)Cn1c(=O)[nH]c2cc(C(F)(F)F)c(-c3ccc(C#N)cc3)cc2c1=O. The number of rotatable bonds is 5. The normalized spacial score (nSPS) is 11.6. The molecule has 268 valence electrons. The molecule has 0 radical (unpaired) electrons. The Balaban J connectivity index is 0.000000239. The maximum atomic E-state index is 13.6. The largest absolute Gasteiger partial charge is 0.465 e. The van der Waals surface area contributed by atoms with Crippen LogP contribution in [0.25, 0.3) is 33.2 Å². The Hall–Kier alpha value is -6.40. The minimum atomic E-state index is -4.80. The molecule has 0 spiro atoms. The van der Waals surface area contributed by atoms with E-state index in [1.54, 1.807) is 0 Å². The van der Waals surface area contributed by atoms with Gasteiger partial charge in [-0.05, 0) is 70.8 Å². The zero-order valence-electron chi connectivity index (χ0n) is 26.7. The van der Waals surface area contributed by atoms with Crippen LogP contribution in [0.15, 0.2) is 82.4 Å². The van der Waals surface area contributed by atoms with Crippen molar-refractivity contribution in [3.63, 3.8) is 0 Å². The first-order valence-electron chi connectivity index (χ1n) is 14.3. The molecule has 11 nitrogen and oxygen atoms in total. The van der Waals surface area contributed by atoms with Gasteiger partial charge in [-0.15, -0.1) is 0 Å². The Kier molecular flexibility index (Phi) is 10.7. The molecule has 0 amide bonds. The van der Waals surface area contributed by atoms with Crippen LogP contribution in [0, 0.1) is 22.7 Å². The predicted molar refractivity (Wildman–Crippen MR) is 176 cm³/mol. The second-order valence-electron chi connectivity index (χ2n) is 11.0. The third-order valence-electron chi connectivity index (χ3n) is 7.34. The number of esters is 1. The molecule has 0 unspecified atom stereocenters. The highest BCUT2D eigenvalue weighted by Crippen LogP contribution is 2.40. The maximum absolute atomic E-state index is 13.6. The highest BCUT2D eigenvalue weighted by molar-refractivity contribution is 7.89. The van der Waals surface area contributed by atoms with Crippen molar-refractivity contribution >= 4 is 32.4 Å². The Morgan fingerprint density at radius 3 is 1.71 bits per heavy atom. The monoisotopic (exact) mass is 743 g/mol. The standard InChI is InChI=1S/C18H12F3N3O4S.C16H11F3N2O2/c1-29(27,28)9-24-16(25)13-6-12(11-4-2-10(8-22)3-5-11)14(18(19,20)21)7-15(13)23-17(24)26;1-23-15(22)12-6-11(10-4-2-9(8-20)3-5-10)13(7-14(12)21)16(17,18)19/h2-7H,9H2,1H3,(H,23,26);2-7H,21H2,1H3. The van der Waals surface area contributed by atoms with Crippen molar-refractivity contribution < 1.29 is 44.3 Å². The van der Waals surface area contributed by atoms with Gasteiger partial charge in [-0.2, -0.15) is 36.9 Å². The van der Waals surface area contributed by atoms with E-state index in [0.717, 1.165) is 25.5 Å². The molecule has 0 aliphatic rings. The molecule has 0 aliphatic heterocycles. The first kappa shape index (κ1) is 38.4. The highest BCUT2D eigenvalue weighted by atomic mass is 32.2. The van der Waals surface area contributed by atoms with Gasteiger partial charge in [0.25, 0.3) is 5.56 Å². The van der Waals surface area contributed by atoms with Crippen LogP contribution < -0.4 is 17.0 Å². The number of nitriles is 2. The van der Waals surface area contributed by atoms with Gasteiger partial charge in [0.05, 0.1) is 58.0 Å². The lowest BCUT2D eigenvalue weighted by molar-refractivity contribution is -0.137. The van der Waals surface area contributed by atoms with E-state index in [9.17, 15) is 49.1 Å². The highest BCUT2D eigenvalue weighted by Gasteiger charge is 2.36. The molecule has 5 rings (SSSR count). The average Bonchev–Trinajstić information content (AvgIpc) is 3.08. The number of alkyl halides is 6. The van der Waals surface area contributed by atoms with Gasteiger partial charge in [0, 0.05) is 11.9 Å². The minimum Gasteiger partial charge on any atom is -0.465 e. The van der Waals surface area contributed by atoms with Crippen LogP contribution in [0.2, 0.25) is 0 Å². The Labute approximate surface area is 289 Å². The number of ether oxygens (including phenoxy) is 1. The zero-order valence-corrected chi connectivity index (χ0v) is 27.5. The van der Waals surface area contributed by atoms with Crippen LogP contribution in [0.4, 0.5) is 32.0 Å². The van der Waals surface area contributed by atoms with Crippen LogP contribution >= 0.6 is 0 Å². The van der Waals surface area contributed by atoms with E-state index in [1.165, 1.54) is 48.5 Å². The number of fused-ring (bicyclic) bond motifs is 1. The molecular formula is C34H23F6N5O6S. The number of hydrogen-bond donors (Lipinski definition) is 2. The van der Waals surface area contributed by atoms with Crippen molar-refractivity contribution in [1.82, 2.24) is 9.55 Å². The zero-order chi connectivity index (χ0) is 38.8. The number of nitrogens with two attached hydrogens (primary N) is 1. The van der Waals surface area contributed by atoms with Crippen LogP contribution in [-0.4, -0.2) is 37.3 Å². The number of carbonyl (C=O) groups is 1. The lowest BCUT2D eigenvalue weighted by Gasteiger charge is -2.16. The van der Waals surface area contributed by atoms with Crippen molar-refractivity contribution in [3.8, 4) is 34.4 Å². The fraction of sp³-hybridized carbons (Fsp3) is 0.147. The van der Waals surface area contributed by atoms with Crippen LogP contribution in [0.5, 0.6) is 0 Å². The maximum Gasteiger partial charge on any atom is 0.417 e. The molecule has 4 aromatic carbocycles. The minimum absolute atomic E-state index is 0.0958. The number of nitrogen functional groups attached to an aromatic ring is 1.